The molecule has 3 heterocycles. The zero-order chi connectivity index (χ0) is 18.7. The Morgan fingerprint density at radius 3 is 2.77 bits per heavy atom. The molecular formula is C19H29N3O3S. The quantitative estimate of drug-likeness (QED) is 0.758. The van der Waals surface area contributed by atoms with Gasteiger partial charge >= 0.3 is 6.09 Å². The number of amides is 2. The Bertz CT molecular complexity index is 650. The van der Waals surface area contributed by atoms with E-state index in [0.717, 1.165) is 30.8 Å². The number of hydrogen-bond acceptors (Lipinski definition) is 5. The van der Waals surface area contributed by atoms with Crippen LogP contribution in [0.4, 0.5) is 4.79 Å². The van der Waals surface area contributed by atoms with Gasteiger partial charge in [0.2, 0.25) is 0 Å². The average molecular weight is 380 g/mol. The van der Waals surface area contributed by atoms with E-state index in [1.165, 1.54) is 0 Å². The van der Waals surface area contributed by atoms with Gasteiger partial charge in [-0.1, -0.05) is 20.8 Å². The van der Waals surface area contributed by atoms with E-state index in [0.29, 0.717) is 44.1 Å². The number of thiazole rings is 1. The molecule has 0 bridgehead atoms. The van der Waals surface area contributed by atoms with E-state index in [1.54, 1.807) is 11.3 Å². The van der Waals surface area contributed by atoms with Crippen LogP contribution in [0.2, 0.25) is 0 Å². The fraction of sp³-hybridized carbons (Fsp3) is 0.737. The van der Waals surface area contributed by atoms with Crippen molar-refractivity contribution in [2.45, 2.75) is 58.5 Å². The van der Waals surface area contributed by atoms with Gasteiger partial charge in [-0.3, -0.25) is 4.79 Å². The molecule has 2 saturated heterocycles. The van der Waals surface area contributed by atoms with Gasteiger partial charge in [0, 0.05) is 37.9 Å². The maximum absolute atomic E-state index is 12.7. The van der Waals surface area contributed by atoms with Gasteiger partial charge in [-0.05, 0) is 25.2 Å². The van der Waals surface area contributed by atoms with Gasteiger partial charge < -0.3 is 14.5 Å². The minimum Gasteiger partial charge on any atom is -0.441 e. The first-order chi connectivity index (χ1) is 12.4. The minimum atomic E-state index is -0.416. The van der Waals surface area contributed by atoms with Gasteiger partial charge in [0.25, 0.3) is 5.91 Å². The van der Waals surface area contributed by atoms with Crippen molar-refractivity contribution in [1.29, 1.82) is 0 Å². The number of rotatable bonds is 6. The molecule has 144 valence electrons. The highest BCUT2D eigenvalue weighted by Crippen LogP contribution is 2.34. The van der Waals surface area contributed by atoms with E-state index in [2.05, 4.69) is 25.8 Å². The van der Waals surface area contributed by atoms with Crippen molar-refractivity contribution < 1.29 is 14.3 Å². The summed E-state index contributed by atoms with van der Waals surface area (Å²) in [6.07, 6.45) is 4.15. The van der Waals surface area contributed by atoms with Gasteiger partial charge in [-0.2, -0.15) is 0 Å². The Kier molecular flexibility index (Phi) is 5.85. The second kappa shape index (κ2) is 7.94. The third-order valence-electron chi connectivity index (χ3n) is 5.21. The van der Waals surface area contributed by atoms with Crippen molar-refractivity contribution in [3.63, 3.8) is 0 Å². The van der Waals surface area contributed by atoms with Crippen LogP contribution in [0.3, 0.4) is 0 Å². The number of nitrogens with zero attached hydrogens (tertiary/aromatic N) is 3. The predicted molar refractivity (Wildman–Crippen MR) is 101 cm³/mol. The molecule has 2 aliphatic rings. The van der Waals surface area contributed by atoms with Crippen molar-refractivity contribution in [2.24, 2.45) is 5.92 Å². The molecule has 1 spiro atoms. The van der Waals surface area contributed by atoms with Crippen LogP contribution in [0.15, 0.2) is 5.38 Å². The highest BCUT2D eigenvalue weighted by Gasteiger charge is 2.47. The van der Waals surface area contributed by atoms with Crippen LogP contribution in [0, 0.1) is 5.92 Å². The molecule has 2 fully saturated rings. The number of likely N-dealkylation sites (tertiary alicyclic amines) is 1. The molecule has 6 nitrogen and oxygen atoms in total. The first-order valence-electron chi connectivity index (χ1n) is 9.64. The number of hydrogen-bond donors (Lipinski definition) is 0. The molecule has 2 aliphatic heterocycles. The first-order valence-corrected chi connectivity index (χ1v) is 10.5. The number of aryl methyl sites for hydroxylation is 1. The fourth-order valence-corrected chi connectivity index (χ4v) is 4.43. The molecule has 0 aliphatic carbocycles. The van der Waals surface area contributed by atoms with Gasteiger partial charge in [0.1, 0.15) is 11.3 Å². The summed E-state index contributed by atoms with van der Waals surface area (Å²) in [5, 5.41) is 2.89. The lowest BCUT2D eigenvalue weighted by molar-refractivity contribution is 0.00297. The van der Waals surface area contributed by atoms with Crippen molar-refractivity contribution in [1.82, 2.24) is 14.8 Å². The fourth-order valence-electron chi connectivity index (χ4n) is 3.56. The number of piperidine rings is 1. The molecule has 26 heavy (non-hydrogen) atoms. The number of aromatic nitrogens is 1. The minimum absolute atomic E-state index is 0.000518. The molecule has 1 aromatic rings. The topological polar surface area (TPSA) is 62.7 Å². The van der Waals surface area contributed by atoms with Crippen LogP contribution in [0.1, 0.15) is 62.0 Å². The lowest BCUT2D eigenvalue weighted by Gasteiger charge is -2.37. The van der Waals surface area contributed by atoms with Crippen LogP contribution in [-0.4, -0.2) is 58.6 Å². The van der Waals surface area contributed by atoms with Gasteiger partial charge in [0.15, 0.2) is 0 Å². The first kappa shape index (κ1) is 19.1. The molecule has 7 heteroatoms. The molecule has 1 aromatic heterocycles. The monoisotopic (exact) mass is 379 g/mol. The second-order valence-electron chi connectivity index (χ2n) is 7.82. The third kappa shape index (κ3) is 4.19. The smallest absolute Gasteiger partial charge is 0.410 e. The van der Waals surface area contributed by atoms with Gasteiger partial charge in [-0.25, -0.2) is 9.78 Å². The highest BCUT2D eigenvalue weighted by molar-refractivity contribution is 7.09. The lowest BCUT2D eigenvalue weighted by Crippen LogP contribution is -2.48. The van der Waals surface area contributed by atoms with Crippen LogP contribution in [0.25, 0.3) is 0 Å². The van der Waals surface area contributed by atoms with Crippen molar-refractivity contribution in [2.75, 3.05) is 26.2 Å². The summed E-state index contributed by atoms with van der Waals surface area (Å²) < 4.78 is 5.74. The molecule has 3 rings (SSSR count). The Labute approximate surface area is 159 Å². The van der Waals surface area contributed by atoms with E-state index in [-0.39, 0.29) is 12.0 Å². The molecule has 0 saturated carbocycles. The van der Waals surface area contributed by atoms with Crippen molar-refractivity contribution in [3.05, 3.63) is 16.1 Å². The number of ether oxygens (including phenoxy) is 1. The van der Waals surface area contributed by atoms with Crippen LogP contribution < -0.4 is 0 Å². The number of carbonyl (C=O) groups excluding carboxylic acids is 2. The summed E-state index contributed by atoms with van der Waals surface area (Å²) in [4.78, 5) is 33.0. The Balaban J connectivity index is 1.55. The summed E-state index contributed by atoms with van der Waals surface area (Å²) in [6, 6.07) is 0. The Hall–Kier alpha value is -1.63. The van der Waals surface area contributed by atoms with Crippen LogP contribution in [0.5, 0.6) is 0 Å². The molecule has 0 aromatic carbocycles. The van der Waals surface area contributed by atoms with Gasteiger partial charge in [-0.15, -0.1) is 11.3 Å². The molecule has 2 amide bonds. The summed E-state index contributed by atoms with van der Waals surface area (Å²) in [5.74, 6) is 0.564. The second-order valence-corrected chi connectivity index (χ2v) is 8.77. The molecule has 0 N–H and O–H groups in total. The normalized spacial score (nSPS) is 19.5. The van der Waals surface area contributed by atoms with Crippen LogP contribution >= 0.6 is 11.3 Å². The van der Waals surface area contributed by atoms with E-state index in [4.69, 9.17) is 4.74 Å². The maximum atomic E-state index is 12.7. The summed E-state index contributed by atoms with van der Waals surface area (Å²) in [6.45, 7) is 9.06. The van der Waals surface area contributed by atoms with Crippen molar-refractivity contribution >= 4 is 23.3 Å². The molecule has 0 unspecified atom stereocenters. The largest absolute Gasteiger partial charge is 0.441 e. The van der Waals surface area contributed by atoms with Crippen LogP contribution in [-0.2, 0) is 11.2 Å². The Morgan fingerprint density at radius 1 is 1.38 bits per heavy atom. The van der Waals surface area contributed by atoms with E-state index in [9.17, 15) is 9.59 Å². The SMILES string of the molecule is CCCc1nc(C(=O)N2CCC3(CC2)CN(CCC(C)C)C(=O)O3)cs1. The average Bonchev–Trinajstić information content (AvgIpc) is 3.18. The highest BCUT2D eigenvalue weighted by atomic mass is 32.1. The van der Waals surface area contributed by atoms with E-state index >= 15 is 0 Å². The standard InChI is InChI=1S/C19H29N3O3S/c1-4-5-16-20-15(12-26-16)17(23)21-10-7-19(8-11-21)13-22(18(24)25-19)9-6-14(2)3/h12,14H,4-11,13H2,1-3H3. The Morgan fingerprint density at radius 2 is 2.12 bits per heavy atom. The maximum Gasteiger partial charge on any atom is 0.410 e. The lowest BCUT2D eigenvalue weighted by atomic mass is 9.91. The van der Waals surface area contributed by atoms with E-state index < -0.39 is 5.60 Å². The zero-order valence-corrected chi connectivity index (χ0v) is 16.8. The van der Waals surface area contributed by atoms with Gasteiger partial charge in [0.05, 0.1) is 11.6 Å². The molecular weight excluding hydrogens is 350 g/mol. The third-order valence-corrected chi connectivity index (χ3v) is 6.12. The summed E-state index contributed by atoms with van der Waals surface area (Å²) in [5.41, 5.74) is 0.136. The summed E-state index contributed by atoms with van der Waals surface area (Å²) >= 11 is 1.56. The molecule has 0 radical (unpaired) electrons. The number of carbonyl (C=O) groups is 2. The molecule has 0 atom stereocenters. The predicted octanol–water partition coefficient (Wildman–Crippen LogP) is 3.57. The van der Waals surface area contributed by atoms with Crippen molar-refractivity contribution in [3.8, 4) is 0 Å². The zero-order valence-electron chi connectivity index (χ0n) is 16.0. The summed E-state index contributed by atoms with van der Waals surface area (Å²) in [7, 11) is 0. The van der Waals surface area contributed by atoms with E-state index in [1.807, 2.05) is 15.2 Å².